The average molecular weight is 218 g/mol. The summed E-state index contributed by atoms with van der Waals surface area (Å²) in [5, 5.41) is 19.6. The minimum absolute atomic E-state index is 0.515. The molecule has 0 radical (unpaired) electrons. The molecule has 0 amide bonds. The molecule has 2 atom stereocenters. The molecule has 0 aliphatic rings. The monoisotopic (exact) mass is 218 g/mol. The maximum absolute atomic E-state index is 9.78. The molecule has 2 unspecified atom stereocenters. The van der Waals surface area contributed by atoms with Gasteiger partial charge in [0.1, 0.15) is 0 Å². The van der Waals surface area contributed by atoms with E-state index in [1.54, 1.807) is 12.2 Å². The topological polar surface area (TPSA) is 40.5 Å². The smallest absolute Gasteiger partial charge is 0.0824 e. The summed E-state index contributed by atoms with van der Waals surface area (Å²) < 4.78 is 0. The molecule has 0 heterocycles. The Labute approximate surface area is 96.6 Å². The van der Waals surface area contributed by atoms with Gasteiger partial charge in [-0.05, 0) is 24.0 Å². The standard InChI is InChI=1S/C14H18O2/c1-3-6-13(15)11-8-5-9-12(10-11)14(16)7-4-2/h3-5,8-10,13-16H,1-2,6-7H2. The van der Waals surface area contributed by atoms with E-state index in [4.69, 9.17) is 0 Å². The van der Waals surface area contributed by atoms with E-state index in [1.807, 2.05) is 24.3 Å². The van der Waals surface area contributed by atoms with Crippen molar-refractivity contribution in [3.05, 3.63) is 60.7 Å². The quantitative estimate of drug-likeness (QED) is 0.721. The zero-order valence-corrected chi connectivity index (χ0v) is 9.34. The molecule has 1 aromatic rings. The van der Waals surface area contributed by atoms with Crippen LogP contribution in [-0.2, 0) is 0 Å². The van der Waals surface area contributed by atoms with Crippen LogP contribution in [0.3, 0.4) is 0 Å². The van der Waals surface area contributed by atoms with Crippen LogP contribution in [0.5, 0.6) is 0 Å². The summed E-state index contributed by atoms with van der Waals surface area (Å²) in [6.07, 6.45) is 3.29. The van der Waals surface area contributed by atoms with E-state index in [9.17, 15) is 10.2 Å². The SMILES string of the molecule is C=CCC(O)c1cccc(C(O)CC=C)c1. The molecule has 1 aromatic carbocycles. The van der Waals surface area contributed by atoms with Crippen molar-refractivity contribution in [3.63, 3.8) is 0 Å². The van der Waals surface area contributed by atoms with Gasteiger partial charge in [-0.15, -0.1) is 13.2 Å². The molecule has 0 aliphatic heterocycles. The van der Waals surface area contributed by atoms with E-state index in [2.05, 4.69) is 13.2 Å². The highest BCUT2D eigenvalue weighted by Gasteiger charge is 2.09. The van der Waals surface area contributed by atoms with Crippen molar-refractivity contribution in [3.8, 4) is 0 Å². The van der Waals surface area contributed by atoms with Gasteiger partial charge in [0.2, 0.25) is 0 Å². The third kappa shape index (κ3) is 3.33. The summed E-state index contributed by atoms with van der Waals surface area (Å²) in [4.78, 5) is 0. The largest absolute Gasteiger partial charge is 0.388 e. The van der Waals surface area contributed by atoms with Crippen LogP contribution in [0, 0.1) is 0 Å². The van der Waals surface area contributed by atoms with Gasteiger partial charge in [-0.25, -0.2) is 0 Å². The Bertz CT molecular complexity index is 326. The number of rotatable bonds is 6. The van der Waals surface area contributed by atoms with Crippen molar-refractivity contribution in [1.82, 2.24) is 0 Å². The van der Waals surface area contributed by atoms with Gasteiger partial charge in [0.05, 0.1) is 12.2 Å². The highest BCUT2D eigenvalue weighted by atomic mass is 16.3. The molecule has 86 valence electrons. The Morgan fingerprint density at radius 2 is 1.44 bits per heavy atom. The molecule has 0 saturated carbocycles. The molecule has 2 nitrogen and oxygen atoms in total. The van der Waals surface area contributed by atoms with Gasteiger partial charge >= 0.3 is 0 Å². The Morgan fingerprint density at radius 1 is 1.00 bits per heavy atom. The van der Waals surface area contributed by atoms with Gasteiger partial charge < -0.3 is 10.2 Å². The minimum atomic E-state index is -0.548. The Morgan fingerprint density at radius 3 is 1.81 bits per heavy atom. The highest BCUT2D eigenvalue weighted by Crippen LogP contribution is 2.23. The predicted octanol–water partition coefficient (Wildman–Crippen LogP) is 2.91. The van der Waals surface area contributed by atoms with Crippen molar-refractivity contribution in [1.29, 1.82) is 0 Å². The van der Waals surface area contributed by atoms with Crippen molar-refractivity contribution in [2.24, 2.45) is 0 Å². The molecule has 2 N–H and O–H groups in total. The first-order chi connectivity index (χ1) is 7.69. The molecule has 16 heavy (non-hydrogen) atoms. The van der Waals surface area contributed by atoms with Gasteiger partial charge in [0, 0.05) is 0 Å². The van der Waals surface area contributed by atoms with Crippen LogP contribution in [0.1, 0.15) is 36.2 Å². The average Bonchev–Trinajstić information content (AvgIpc) is 2.30. The number of benzene rings is 1. The molecule has 1 rings (SSSR count). The van der Waals surface area contributed by atoms with Crippen LogP contribution >= 0.6 is 0 Å². The summed E-state index contributed by atoms with van der Waals surface area (Å²) in [7, 11) is 0. The van der Waals surface area contributed by atoms with Crippen molar-refractivity contribution in [2.75, 3.05) is 0 Å². The van der Waals surface area contributed by atoms with Crippen molar-refractivity contribution in [2.45, 2.75) is 25.0 Å². The second-order valence-corrected chi connectivity index (χ2v) is 3.75. The van der Waals surface area contributed by atoms with Crippen LogP contribution in [0.15, 0.2) is 49.6 Å². The Kier molecular flexibility index (Phi) is 4.96. The number of hydrogen-bond acceptors (Lipinski definition) is 2. The third-order valence-electron chi connectivity index (χ3n) is 2.46. The molecule has 0 aromatic heterocycles. The Balaban J connectivity index is 2.85. The van der Waals surface area contributed by atoms with Crippen LogP contribution in [0.4, 0.5) is 0 Å². The maximum Gasteiger partial charge on any atom is 0.0824 e. The van der Waals surface area contributed by atoms with E-state index >= 15 is 0 Å². The minimum Gasteiger partial charge on any atom is -0.388 e. The normalized spacial score (nSPS) is 14.1. The molecule has 0 fully saturated rings. The first kappa shape index (κ1) is 12.7. The maximum atomic E-state index is 9.78. The first-order valence-electron chi connectivity index (χ1n) is 5.36. The lowest BCUT2D eigenvalue weighted by Gasteiger charge is -2.13. The highest BCUT2D eigenvalue weighted by molar-refractivity contribution is 5.27. The van der Waals surface area contributed by atoms with Crippen LogP contribution < -0.4 is 0 Å². The second-order valence-electron chi connectivity index (χ2n) is 3.75. The van der Waals surface area contributed by atoms with Crippen LogP contribution in [0.25, 0.3) is 0 Å². The summed E-state index contributed by atoms with van der Waals surface area (Å²) in [6.45, 7) is 7.18. The fourth-order valence-electron chi connectivity index (χ4n) is 1.56. The van der Waals surface area contributed by atoms with E-state index in [-0.39, 0.29) is 0 Å². The molecule has 0 aliphatic carbocycles. The molecular weight excluding hydrogens is 200 g/mol. The predicted molar refractivity (Wildman–Crippen MR) is 66.0 cm³/mol. The second kappa shape index (κ2) is 6.26. The van der Waals surface area contributed by atoms with E-state index < -0.39 is 12.2 Å². The lowest BCUT2D eigenvalue weighted by molar-refractivity contribution is 0.175. The zero-order valence-electron chi connectivity index (χ0n) is 9.34. The van der Waals surface area contributed by atoms with Gasteiger partial charge in [-0.2, -0.15) is 0 Å². The summed E-state index contributed by atoms with van der Waals surface area (Å²) >= 11 is 0. The molecule has 0 bridgehead atoms. The van der Waals surface area contributed by atoms with Crippen molar-refractivity contribution >= 4 is 0 Å². The van der Waals surface area contributed by atoms with Crippen molar-refractivity contribution < 1.29 is 10.2 Å². The fourth-order valence-corrected chi connectivity index (χ4v) is 1.56. The van der Waals surface area contributed by atoms with Gasteiger partial charge in [-0.1, -0.05) is 36.4 Å². The van der Waals surface area contributed by atoms with E-state index in [0.29, 0.717) is 12.8 Å². The van der Waals surface area contributed by atoms with E-state index in [0.717, 1.165) is 11.1 Å². The van der Waals surface area contributed by atoms with E-state index in [1.165, 1.54) is 0 Å². The summed E-state index contributed by atoms with van der Waals surface area (Å²) in [5.74, 6) is 0. The first-order valence-corrected chi connectivity index (χ1v) is 5.36. The lowest BCUT2D eigenvalue weighted by Crippen LogP contribution is -2.00. The Hall–Kier alpha value is -1.38. The summed E-state index contributed by atoms with van der Waals surface area (Å²) in [5.41, 5.74) is 1.61. The number of aliphatic hydroxyl groups excluding tert-OH is 2. The number of aliphatic hydroxyl groups is 2. The number of hydrogen-bond donors (Lipinski definition) is 2. The van der Waals surface area contributed by atoms with Gasteiger partial charge in [0.25, 0.3) is 0 Å². The van der Waals surface area contributed by atoms with Crippen LogP contribution in [-0.4, -0.2) is 10.2 Å². The fraction of sp³-hybridized carbons (Fsp3) is 0.286. The summed E-state index contributed by atoms with van der Waals surface area (Å²) in [6, 6.07) is 7.35. The van der Waals surface area contributed by atoms with Crippen LogP contribution in [0.2, 0.25) is 0 Å². The zero-order chi connectivity index (χ0) is 12.0. The van der Waals surface area contributed by atoms with Gasteiger partial charge in [-0.3, -0.25) is 0 Å². The lowest BCUT2D eigenvalue weighted by atomic mass is 10.00. The van der Waals surface area contributed by atoms with Gasteiger partial charge in [0.15, 0.2) is 0 Å². The molecule has 0 saturated heterocycles. The molecule has 0 spiro atoms. The molecule has 2 heteroatoms. The molecular formula is C14H18O2. The third-order valence-corrected chi connectivity index (χ3v) is 2.46.